The number of halogens is 6. The smallest absolute Gasteiger partial charge is 0.352 e. The fraction of sp³-hybridized carbons (Fsp3) is 0.310. The molecule has 2 amide bonds. The van der Waals surface area contributed by atoms with Crippen molar-refractivity contribution in [1.82, 2.24) is 10.2 Å². The number of amides is 2. The number of carbonyl (C=O) groups excluding carboxylic acids is 2. The summed E-state index contributed by atoms with van der Waals surface area (Å²) in [4.78, 5) is 28.8. The van der Waals surface area contributed by atoms with Crippen LogP contribution in [-0.4, -0.2) is 50.0 Å². The summed E-state index contributed by atoms with van der Waals surface area (Å²) in [6.45, 7) is 2.24. The number of nitrogens with one attached hydrogen (secondary N) is 1. The van der Waals surface area contributed by atoms with Gasteiger partial charge in [0.25, 0.3) is 0 Å². The first-order valence-electron chi connectivity index (χ1n) is 12.9. The highest BCUT2D eigenvalue weighted by Gasteiger charge is 2.37. The number of anilines is 1. The maximum atomic E-state index is 14.1. The summed E-state index contributed by atoms with van der Waals surface area (Å²) < 4.78 is 67.1. The Balaban J connectivity index is 2.14. The minimum Gasteiger partial charge on any atom is -0.352 e. The van der Waals surface area contributed by atoms with E-state index in [4.69, 9.17) is 34.8 Å². The zero-order valence-electron chi connectivity index (χ0n) is 23.3. The van der Waals surface area contributed by atoms with Crippen molar-refractivity contribution in [2.24, 2.45) is 0 Å². The van der Waals surface area contributed by atoms with E-state index in [0.29, 0.717) is 21.5 Å². The topological polar surface area (TPSA) is 86.8 Å². The van der Waals surface area contributed by atoms with E-state index in [2.05, 4.69) is 5.32 Å². The minimum absolute atomic E-state index is 0.0330. The quantitative estimate of drug-likeness (QED) is 0.248. The summed E-state index contributed by atoms with van der Waals surface area (Å²) in [5.74, 6) is -1.42. The molecule has 0 fully saturated rings. The van der Waals surface area contributed by atoms with Gasteiger partial charge in [-0.2, -0.15) is 13.2 Å². The molecule has 3 aromatic rings. The Kier molecular flexibility index (Phi) is 11.4. The minimum atomic E-state index is -4.89. The standard InChI is InChI=1S/C29H29Cl3F3N3O4S/c1-18(2)36-28(40)26(14-19-8-5-4-6-9-19)37(16-21-23(30)10-7-11-24(21)31)27(39)17-38(43(3,41)42)20-12-13-25(32)22(15-20)29(33,34)35/h4-13,15,18,26H,14,16-17H2,1-3H3,(H,36,40). The Bertz CT molecular complexity index is 1550. The Labute approximate surface area is 263 Å². The van der Waals surface area contributed by atoms with Gasteiger partial charge in [-0.1, -0.05) is 71.2 Å². The molecule has 232 valence electrons. The molecule has 43 heavy (non-hydrogen) atoms. The zero-order valence-corrected chi connectivity index (χ0v) is 26.4. The molecule has 7 nitrogen and oxygen atoms in total. The average Bonchev–Trinajstić information content (AvgIpc) is 2.90. The molecule has 0 spiro atoms. The molecule has 0 aliphatic carbocycles. The summed E-state index contributed by atoms with van der Waals surface area (Å²) in [7, 11) is -4.31. The number of benzene rings is 3. The molecule has 1 N–H and O–H groups in total. The van der Waals surface area contributed by atoms with Gasteiger partial charge in [0.2, 0.25) is 21.8 Å². The highest BCUT2D eigenvalue weighted by atomic mass is 35.5. The molecule has 1 atom stereocenters. The molecule has 1 unspecified atom stereocenters. The van der Waals surface area contributed by atoms with Gasteiger partial charge in [-0.05, 0) is 49.7 Å². The highest BCUT2D eigenvalue weighted by molar-refractivity contribution is 7.92. The second-order valence-electron chi connectivity index (χ2n) is 10.0. The highest BCUT2D eigenvalue weighted by Crippen LogP contribution is 2.37. The third-order valence-electron chi connectivity index (χ3n) is 6.31. The Morgan fingerprint density at radius 3 is 2.05 bits per heavy atom. The van der Waals surface area contributed by atoms with E-state index in [9.17, 15) is 31.2 Å². The zero-order chi connectivity index (χ0) is 32.1. The van der Waals surface area contributed by atoms with Gasteiger partial charge in [0.05, 0.1) is 22.5 Å². The van der Waals surface area contributed by atoms with Crippen LogP contribution >= 0.6 is 34.8 Å². The van der Waals surface area contributed by atoms with Crippen molar-refractivity contribution in [1.29, 1.82) is 0 Å². The monoisotopic (exact) mass is 677 g/mol. The number of carbonyl (C=O) groups is 2. The van der Waals surface area contributed by atoms with E-state index >= 15 is 0 Å². The molecular formula is C29H29Cl3F3N3O4S. The van der Waals surface area contributed by atoms with Crippen LogP contribution < -0.4 is 9.62 Å². The maximum Gasteiger partial charge on any atom is 0.417 e. The Morgan fingerprint density at radius 2 is 1.51 bits per heavy atom. The van der Waals surface area contributed by atoms with E-state index in [-0.39, 0.29) is 29.1 Å². The van der Waals surface area contributed by atoms with Gasteiger partial charge < -0.3 is 10.2 Å². The molecule has 0 aromatic heterocycles. The molecule has 14 heteroatoms. The van der Waals surface area contributed by atoms with Gasteiger partial charge in [-0.25, -0.2) is 8.42 Å². The second-order valence-corrected chi connectivity index (χ2v) is 13.2. The fourth-order valence-electron chi connectivity index (χ4n) is 4.29. The van der Waals surface area contributed by atoms with Crippen molar-refractivity contribution < 1.29 is 31.2 Å². The van der Waals surface area contributed by atoms with E-state index in [0.717, 1.165) is 23.3 Å². The van der Waals surface area contributed by atoms with Gasteiger partial charge in [-0.3, -0.25) is 13.9 Å². The van der Waals surface area contributed by atoms with Crippen LogP contribution in [0.3, 0.4) is 0 Å². The largest absolute Gasteiger partial charge is 0.417 e. The van der Waals surface area contributed by atoms with Crippen LogP contribution in [0.4, 0.5) is 18.9 Å². The second kappa shape index (κ2) is 14.2. The van der Waals surface area contributed by atoms with Crippen LogP contribution in [0.25, 0.3) is 0 Å². The molecule has 0 heterocycles. The van der Waals surface area contributed by atoms with Gasteiger partial charge in [0.15, 0.2) is 0 Å². The Morgan fingerprint density at radius 1 is 0.907 bits per heavy atom. The van der Waals surface area contributed by atoms with Crippen molar-refractivity contribution in [2.45, 2.75) is 45.1 Å². The average molecular weight is 679 g/mol. The fourth-order valence-corrected chi connectivity index (χ4v) is 5.87. The molecule has 3 aromatic carbocycles. The lowest BCUT2D eigenvalue weighted by Gasteiger charge is -2.34. The number of hydrogen-bond donors (Lipinski definition) is 1. The van der Waals surface area contributed by atoms with E-state index in [1.807, 2.05) is 0 Å². The lowest BCUT2D eigenvalue weighted by molar-refractivity contribution is -0.140. The molecule has 0 bridgehead atoms. The molecule has 0 aliphatic rings. The molecule has 0 saturated carbocycles. The van der Waals surface area contributed by atoms with Crippen LogP contribution in [0.5, 0.6) is 0 Å². The van der Waals surface area contributed by atoms with Crippen molar-refractivity contribution >= 4 is 62.3 Å². The molecule has 0 radical (unpaired) electrons. The van der Waals surface area contributed by atoms with E-state index < -0.39 is 56.9 Å². The maximum absolute atomic E-state index is 14.1. The molecule has 0 aliphatic heterocycles. The predicted octanol–water partition coefficient (Wildman–Crippen LogP) is 6.60. The van der Waals surface area contributed by atoms with Crippen molar-refractivity contribution in [3.05, 3.63) is 98.5 Å². The first-order valence-corrected chi connectivity index (χ1v) is 15.9. The van der Waals surface area contributed by atoms with Crippen LogP contribution in [0.2, 0.25) is 15.1 Å². The van der Waals surface area contributed by atoms with Crippen LogP contribution in [-0.2, 0) is 38.8 Å². The first kappa shape index (κ1) is 34.5. The van der Waals surface area contributed by atoms with E-state index in [1.54, 1.807) is 62.4 Å². The number of alkyl halides is 3. The number of rotatable bonds is 11. The van der Waals surface area contributed by atoms with Crippen LogP contribution in [0.1, 0.15) is 30.5 Å². The summed E-state index contributed by atoms with van der Waals surface area (Å²) in [6, 6.07) is 14.5. The van der Waals surface area contributed by atoms with Crippen molar-refractivity contribution in [3.63, 3.8) is 0 Å². The number of nitrogens with zero attached hydrogens (tertiary/aromatic N) is 2. The van der Waals surface area contributed by atoms with Gasteiger partial charge in [0, 0.05) is 34.6 Å². The third-order valence-corrected chi connectivity index (χ3v) is 8.49. The summed E-state index contributed by atoms with van der Waals surface area (Å²) in [6.07, 6.45) is -4.10. The van der Waals surface area contributed by atoms with Gasteiger partial charge >= 0.3 is 6.18 Å². The van der Waals surface area contributed by atoms with Gasteiger partial charge in [0.1, 0.15) is 12.6 Å². The summed E-state index contributed by atoms with van der Waals surface area (Å²) >= 11 is 18.6. The molecular weight excluding hydrogens is 650 g/mol. The first-order chi connectivity index (χ1) is 20.0. The normalized spacial score (nSPS) is 12.6. The van der Waals surface area contributed by atoms with Crippen molar-refractivity contribution in [2.75, 3.05) is 17.1 Å². The Hall–Kier alpha value is -2.99. The summed E-state index contributed by atoms with van der Waals surface area (Å²) in [5.41, 5.74) is -0.714. The molecule has 3 rings (SSSR count). The predicted molar refractivity (Wildman–Crippen MR) is 163 cm³/mol. The van der Waals surface area contributed by atoms with Gasteiger partial charge in [-0.15, -0.1) is 0 Å². The SMILES string of the molecule is CC(C)NC(=O)C(Cc1ccccc1)N(Cc1c(Cl)cccc1Cl)C(=O)CN(c1ccc(Cl)c(C(F)(F)F)c1)S(C)(=O)=O. The number of hydrogen-bond acceptors (Lipinski definition) is 4. The third kappa shape index (κ3) is 9.25. The lowest BCUT2D eigenvalue weighted by Crippen LogP contribution is -2.54. The lowest BCUT2D eigenvalue weighted by atomic mass is 10.0. The van der Waals surface area contributed by atoms with E-state index in [1.165, 1.54) is 0 Å². The van der Waals surface area contributed by atoms with Crippen molar-refractivity contribution in [3.8, 4) is 0 Å². The molecule has 0 saturated heterocycles. The summed E-state index contributed by atoms with van der Waals surface area (Å²) in [5, 5.41) is 2.54. The van der Waals surface area contributed by atoms with Crippen LogP contribution in [0, 0.1) is 0 Å². The number of sulfonamides is 1. The van der Waals surface area contributed by atoms with Crippen LogP contribution in [0.15, 0.2) is 66.7 Å².